The van der Waals surface area contributed by atoms with Crippen molar-refractivity contribution < 1.29 is 0 Å². The molecule has 1 heterocycles. The van der Waals surface area contributed by atoms with Crippen LogP contribution >= 0.6 is 0 Å². The van der Waals surface area contributed by atoms with Crippen LogP contribution in [0.5, 0.6) is 0 Å². The van der Waals surface area contributed by atoms with Crippen molar-refractivity contribution in [3.05, 3.63) is 30.6 Å². The van der Waals surface area contributed by atoms with Gasteiger partial charge in [-0.15, -0.1) is 0 Å². The summed E-state index contributed by atoms with van der Waals surface area (Å²) in [6.45, 7) is 3.36. The zero-order chi connectivity index (χ0) is 13.8. The van der Waals surface area contributed by atoms with E-state index in [1.165, 1.54) is 44.0 Å². The molecule has 3 rings (SSSR count). The summed E-state index contributed by atoms with van der Waals surface area (Å²) >= 11 is 0. The highest BCUT2D eigenvalue weighted by Crippen LogP contribution is 2.30. The van der Waals surface area contributed by atoms with Crippen LogP contribution in [0.2, 0.25) is 0 Å². The molecule has 0 spiro atoms. The van der Waals surface area contributed by atoms with Crippen molar-refractivity contribution >= 4 is 11.0 Å². The molecule has 1 aromatic carbocycles. The highest BCUT2D eigenvalue weighted by molar-refractivity contribution is 5.75. The minimum Gasteiger partial charge on any atom is -0.326 e. The van der Waals surface area contributed by atoms with E-state index in [-0.39, 0.29) is 0 Å². The van der Waals surface area contributed by atoms with Gasteiger partial charge in [-0.05, 0) is 37.9 Å². The molecule has 1 aromatic heterocycles. The Bertz CT molecular complexity index is 546. The Morgan fingerprint density at radius 3 is 2.95 bits per heavy atom. The SMILES string of the molecule is CCCNC1CCCCCC1n1cnc2ccccc21. The normalized spacial score (nSPS) is 23.9. The van der Waals surface area contributed by atoms with Crippen LogP contribution in [0.4, 0.5) is 0 Å². The molecule has 1 aliphatic carbocycles. The Balaban J connectivity index is 1.91. The molecule has 2 atom stereocenters. The van der Waals surface area contributed by atoms with Gasteiger partial charge >= 0.3 is 0 Å². The molecule has 0 saturated heterocycles. The Labute approximate surface area is 121 Å². The van der Waals surface area contributed by atoms with E-state index in [1.54, 1.807) is 0 Å². The molecule has 0 aliphatic heterocycles. The van der Waals surface area contributed by atoms with Crippen LogP contribution in [0.1, 0.15) is 51.5 Å². The topological polar surface area (TPSA) is 29.9 Å². The van der Waals surface area contributed by atoms with Crippen molar-refractivity contribution in [2.24, 2.45) is 0 Å². The van der Waals surface area contributed by atoms with Gasteiger partial charge in [0.25, 0.3) is 0 Å². The Kier molecular flexibility index (Phi) is 4.36. The predicted molar refractivity (Wildman–Crippen MR) is 83.9 cm³/mol. The quantitative estimate of drug-likeness (QED) is 0.854. The van der Waals surface area contributed by atoms with Crippen LogP contribution in [-0.4, -0.2) is 22.1 Å². The van der Waals surface area contributed by atoms with E-state index in [2.05, 4.69) is 46.1 Å². The van der Waals surface area contributed by atoms with Crippen LogP contribution in [0.3, 0.4) is 0 Å². The fourth-order valence-corrected chi connectivity index (χ4v) is 3.43. The van der Waals surface area contributed by atoms with Crippen LogP contribution in [0, 0.1) is 0 Å². The molecule has 3 heteroatoms. The van der Waals surface area contributed by atoms with Gasteiger partial charge in [-0.1, -0.05) is 38.3 Å². The third kappa shape index (κ3) is 2.73. The average Bonchev–Trinajstić information content (AvgIpc) is 2.77. The number of imidazole rings is 1. The number of aromatic nitrogens is 2. The molecule has 2 aromatic rings. The van der Waals surface area contributed by atoms with Gasteiger partial charge in [0.15, 0.2) is 0 Å². The van der Waals surface area contributed by atoms with Gasteiger partial charge in [-0.25, -0.2) is 4.98 Å². The lowest BCUT2D eigenvalue weighted by Crippen LogP contribution is -2.37. The lowest BCUT2D eigenvalue weighted by Gasteiger charge is -2.28. The molecular weight excluding hydrogens is 246 g/mol. The van der Waals surface area contributed by atoms with E-state index in [1.807, 2.05) is 6.33 Å². The predicted octanol–water partition coefficient (Wildman–Crippen LogP) is 3.91. The molecule has 1 fully saturated rings. The Morgan fingerprint density at radius 1 is 1.20 bits per heavy atom. The third-order valence-electron chi connectivity index (χ3n) is 4.47. The summed E-state index contributed by atoms with van der Waals surface area (Å²) in [6.07, 6.45) is 9.85. The van der Waals surface area contributed by atoms with Crippen molar-refractivity contribution in [1.82, 2.24) is 14.9 Å². The number of rotatable bonds is 4. The van der Waals surface area contributed by atoms with Crippen LogP contribution in [0.25, 0.3) is 11.0 Å². The van der Waals surface area contributed by atoms with Crippen molar-refractivity contribution in [2.75, 3.05) is 6.54 Å². The summed E-state index contributed by atoms with van der Waals surface area (Å²) in [5, 5.41) is 3.77. The molecule has 3 nitrogen and oxygen atoms in total. The number of hydrogen-bond acceptors (Lipinski definition) is 2. The molecule has 1 aliphatic rings. The molecule has 1 saturated carbocycles. The summed E-state index contributed by atoms with van der Waals surface area (Å²) in [7, 11) is 0. The molecule has 2 unspecified atom stereocenters. The van der Waals surface area contributed by atoms with E-state index in [0.29, 0.717) is 12.1 Å². The summed E-state index contributed by atoms with van der Waals surface area (Å²) in [4.78, 5) is 4.57. The maximum Gasteiger partial charge on any atom is 0.0961 e. The molecule has 0 bridgehead atoms. The molecular formula is C17H25N3. The lowest BCUT2D eigenvalue weighted by molar-refractivity contribution is 0.336. The minimum atomic E-state index is 0.552. The van der Waals surface area contributed by atoms with Crippen molar-refractivity contribution in [3.8, 4) is 0 Å². The summed E-state index contributed by atoms with van der Waals surface area (Å²) < 4.78 is 2.41. The molecule has 0 radical (unpaired) electrons. The van der Waals surface area contributed by atoms with E-state index < -0.39 is 0 Å². The second-order valence-electron chi connectivity index (χ2n) is 5.91. The van der Waals surface area contributed by atoms with Crippen LogP contribution < -0.4 is 5.32 Å². The number of para-hydroxylation sites is 2. The molecule has 108 valence electrons. The van der Waals surface area contributed by atoms with Gasteiger partial charge in [-0.3, -0.25) is 0 Å². The second kappa shape index (κ2) is 6.40. The maximum absolute atomic E-state index is 4.57. The fraction of sp³-hybridized carbons (Fsp3) is 0.588. The zero-order valence-corrected chi connectivity index (χ0v) is 12.4. The van der Waals surface area contributed by atoms with Crippen LogP contribution in [0.15, 0.2) is 30.6 Å². The largest absolute Gasteiger partial charge is 0.326 e. The number of benzene rings is 1. The smallest absolute Gasteiger partial charge is 0.0961 e. The first-order valence-electron chi connectivity index (χ1n) is 8.05. The Morgan fingerprint density at radius 2 is 2.05 bits per heavy atom. The fourth-order valence-electron chi connectivity index (χ4n) is 3.43. The van der Waals surface area contributed by atoms with Gasteiger partial charge in [0.05, 0.1) is 23.4 Å². The van der Waals surface area contributed by atoms with Crippen molar-refractivity contribution in [3.63, 3.8) is 0 Å². The monoisotopic (exact) mass is 271 g/mol. The zero-order valence-electron chi connectivity index (χ0n) is 12.4. The summed E-state index contributed by atoms with van der Waals surface area (Å²) in [5.74, 6) is 0. The summed E-state index contributed by atoms with van der Waals surface area (Å²) in [5.41, 5.74) is 2.40. The highest BCUT2D eigenvalue weighted by Gasteiger charge is 2.25. The second-order valence-corrected chi connectivity index (χ2v) is 5.91. The number of nitrogens with one attached hydrogen (secondary N) is 1. The van der Waals surface area contributed by atoms with Gasteiger partial charge in [0.2, 0.25) is 0 Å². The number of hydrogen-bond donors (Lipinski definition) is 1. The minimum absolute atomic E-state index is 0.552. The van der Waals surface area contributed by atoms with E-state index in [4.69, 9.17) is 0 Å². The third-order valence-corrected chi connectivity index (χ3v) is 4.47. The first kappa shape index (κ1) is 13.6. The first-order chi connectivity index (χ1) is 9.90. The summed E-state index contributed by atoms with van der Waals surface area (Å²) in [6, 6.07) is 9.64. The van der Waals surface area contributed by atoms with Gasteiger partial charge < -0.3 is 9.88 Å². The maximum atomic E-state index is 4.57. The van der Waals surface area contributed by atoms with Gasteiger partial charge in [0.1, 0.15) is 0 Å². The first-order valence-corrected chi connectivity index (χ1v) is 8.05. The van der Waals surface area contributed by atoms with Crippen LogP contribution in [-0.2, 0) is 0 Å². The van der Waals surface area contributed by atoms with E-state index in [0.717, 1.165) is 12.1 Å². The average molecular weight is 271 g/mol. The molecule has 0 amide bonds. The van der Waals surface area contributed by atoms with Gasteiger partial charge in [0, 0.05) is 6.04 Å². The molecule has 1 N–H and O–H groups in total. The van der Waals surface area contributed by atoms with E-state index in [9.17, 15) is 0 Å². The standard InChI is InChI=1S/C17H25N3/c1-2-12-18-14-8-4-3-5-10-16(14)20-13-19-15-9-6-7-11-17(15)20/h6-7,9,11,13-14,16,18H,2-5,8,10,12H2,1H3. The van der Waals surface area contributed by atoms with Crippen molar-refractivity contribution in [2.45, 2.75) is 57.5 Å². The van der Waals surface area contributed by atoms with E-state index >= 15 is 0 Å². The lowest BCUT2D eigenvalue weighted by atomic mass is 10.0. The van der Waals surface area contributed by atoms with Crippen molar-refractivity contribution in [1.29, 1.82) is 0 Å². The number of nitrogens with zero attached hydrogens (tertiary/aromatic N) is 2. The highest BCUT2D eigenvalue weighted by atomic mass is 15.1. The Hall–Kier alpha value is -1.35. The van der Waals surface area contributed by atoms with Gasteiger partial charge in [-0.2, -0.15) is 0 Å². The number of fused-ring (bicyclic) bond motifs is 1. The molecule has 20 heavy (non-hydrogen) atoms.